The number of hydrogen-bond donors (Lipinski definition) is 3. The molecule has 0 bridgehead atoms. The number of hydrogen-bond acceptors (Lipinski definition) is 7. The standard InChI is InChI=1S/C24H27ClF3N7O2/c25-13-8-15(26)21(16(27)9-13)33-24-32-19-10-30-23(31-18-5-6-37-11-17(18)28)34-22(19)35(24)14-3-1-12(2-4-14)7-20(29)36/h8-10,12,14,17-18H,1-7,11H2,(H2,29,36)(H,32,33)(H,30,31,34)/t12-,14+,17-,18+/m1/s1. The van der Waals surface area contributed by atoms with Gasteiger partial charge in [-0.3, -0.25) is 9.36 Å². The largest absolute Gasteiger partial charge is 0.378 e. The highest BCUT2D eigenvalue weighted by Crippen LogP contribution is 2.38. The van der Waals surface area contributed by atoms with Crippen LogP contribution in [0.5, 0.6) is 0 Å². The Bertz CT molecular complexity index is 1280. The molecule has 9 nitrogen and oxygen atoms in total. The molecule has 13 heteroatoms. The van der Waals surface area contributed by atoms with Crippen LogP contribution in [0.15, 0.2) is 18.3 Å². The number of halogens is 4. The number of imidazole rings is 1. The van der Waals surface area contributed by atoms with Crippen LogP contribution in [-0.2, 0) is 9.53 Å². The minimum absolute atomic E-state index is 0.00131. The minimum atomic E-state index is -1.20. The van der Waals surface area contributed by atoms with E-state index in [1.807, 2.05) is 0 Å². The quantitative estimate of drug-likeness (QED) is 0.401. The summed E-state index contributed by atoms with van der Waals surface area (Å²) in [7, 11) is 0. The lowest BCUT2D eigenvalue weighted by molar-refractivity contribution is -0.119. The number of nitrogens with zero attached hydrogens (tertiary/aromatic N) is 4. The van der Waals surface area contributed by atoms with Crippen molar-refractivity contribution in [2.24, 2.45) is 11.7 Å². The first kappa shape index (κ1) is 25.5. The second-order valence-corrected chi connectivity index (χ2v) is 9.99. The molecule has 2 aromatic heterocycles. The first-order chi connectivity index (χ1) is 17.8. The molecular weight excluding hydrogens is 511 g/mol. The van der Waals surface area contributed by atoms with E-state index in [0.29, 0.717) is 43.5 Å². The van der Waals surface area contributed by atoms with E-state index in [0.717, 1.165) is 25.0 Å². The zero-order valence-electron chi connectivity index (χ0n) is 19.9. The van der Waals surface area contributed by atoms with Gasteiger partial charge in [0.25, 0.3) is 0 Å². The van der Waals surface area contributed by atoms with Crippen LogP contribution in [0.1, 0.15) is 44.6 Å². The van der Waals surface area contributed by atoms with Gasteiger partial charge in [0.15, 0.2) is 17.3 Å². The summed E-state index contributed by atoms with van der Waals surface area (Å²) in [6.07, 6.45) is 3.93. The maximum Gasteiger partial charge on any atom is 0.225 e. The van der Waals surface area contributed by atoms with Crippen LogP contribution in [0.25, 0.3) is 11.2 Å². The third-order valence-corrected chi connectivity index (χ3v) is 7.17. The number of benzene rings is 1. The van der Waals surface area contributed by atoms with Crippen molar-refractivity contribution in [2.45, 2.75) is 56.8 Å². The van der Waals surface area contributed by atoms with Crippen molar-refractivity contribution < 1.29 is 22.7 Å². The minimum Gasteiger partial charge on any atom is -0.378 e. The van der Waals surface area contributed by atoms with Gasteiger partial charge in [-0.15, -0.1) is 0 Å². The number of carbonyl (C=O) groups is 1. The summed E-state index contributed by atoms with van der Waals surface area (Å²) in [6, 6.07) is 1.41. The molecule has 1 aliphatic heterocycles. The summed E-state index contributed by atoms with van der Waals surface area (Å²) < 4.78 is 50.5. The van der Waals surface area contributed by atoms with E-state index in [-0.39, 0.29) is 41.4 Å². The Labute approximate surface area is 215 Å². The topological polar surface area (TPSA) is 120 Å². The monoisotopic (exact) mass is 537 g/mol. The van der Waals surface area contributed by atoms with Gasteiger partial charge in [-0.1, -0.05) is 11.6 Å². The van der Waals surface area contributed by atoms with Gasteiger partial charge in [0, 0.05) is 24.1 Å². The van der Waals surface area contributed by atoms with Crippen LogP contribution in [0, 0.1) is 17.6 Å². The lowest BCUT2D eigenvalue weighted by Gasteiger charge is -2.30. The van der Waals surface area contributed by atoms with Gasteiger partial charge in [-0.05, 0) is 50.2 Å². The number of amides is 1. The molecule has 0 unspecified atom stereocenters. The van der Waals surface area contributed by atoms with Gasteiger partial charge in [0.2, 0.25) is 17.8 Å². The van der Waals surface area contributed by atoms with Gasteiger partial charge >= 0.3 is 0 Å². The van der Waals surface area contributed by atoms with Crippen molar-refractivity contribution in [3.63, 3.8) is 0 Å². The lowest BCUT2D eigenvalue weighted by atomic mass is 9.84. The molecule has 0 spiro atoms. The Morgan fingerprint density at radius 3 is 2.57 bits per heavy atom. The summed E-state index contributed by atoms with van der Waals surface area (Å²) in [5, 5.41) is 5.75. The average Bonchev–Trinajstić information content (AvgIpc) is 3.20. The predicted octanol–water partition coefficient (Wildman–Crippen LogP) is 4.65. The van der Waals surface area contributed by atoms with Crippen molar-refractivity contribution in [1.82, 2.24) is 19.5 Å². The molecule has 1 amide bonds. The molecule has 0 radical (unpaired) electrons. The van der Waals surface area contributed by atoms with E-state index in [2.05, 4.69) is 25.6 Å². The van der Waals surface area contributed by atoms with Crippen molar-refractivity contribution in [2.75, 3.05) is 23.8 Å². The SMILES string of the molecule is NC(=O)C[C@H]1CC[C@@H](n2c(Nc3c(F)cc(Cl)cc3F)nc3cnc(N[C@H]4CCOC[C@H]4F)nc32)CC1. The maximum absolute atomic E-state index is 14.6. The Morgan fingerprint density at radius 2 is 1.89 bits per heavy atom. The highest BCUT2D eigenvalue weighted by atomic mass is 35.5. The van der Waals surface area contributed by atoms with Gasteiger partial charge < -0.3 is 21.1 Å². The highest BCUT2D eigenvalue weighted by molar-refractivity contribution is 6.30. The molecule has 1 saturated heterocycles. The molecule has 1 aromatic carbocycles. The van der Waals surface area contributed by atoms with Crippen LogP contribution in [-0.4, -0.2) is 50.9 Å². The fourth-order valence-corrected chi connectivity index (χ4v) is 5.28. The van der Waals surface area contributed by atoms with Crippen LogP contribution in [0.3, 0.4) is 0 Å². The first-order valence-corrected chi connectivity index (χ1v) is 12.6. The normalized spacial score (nSPS) is 24.2. The molecule has 4 N–H and O–H groups in total. The Kier molecular flexibility index (Phi) is 7.38. The summed E-state index contributed by atoms with van der Waals surface area (Å²) in [4.78, 5) is 24.8. The van der Waals surface area contributed by atoms with Crippen LogP contribution in [0.4, 0.5) is 30.8 Å². The van der Waals surface area contributed by atoms with Gasteiger partial charge in [0.1, 0.15) is 17.4 Å². The number of nitrogens with one attached hydrogen (secondary N) is 2. The maximum atomic E-state index is 14.6. The summed E-state index contributed by atoms with van der Waals surface area (Å²) in [6.45, 7) is 0.428. The number of aromatic nitrogens is 4. The van der Waals surface area contributed by atoms with Crippen molar-refractivity contribution >= 4 is 46.3 Å². The number of ether oxygens (including phenoxy) is 1. The first-order valence-electron chi connectivity index (χ1n) is 12.2. The molecule has 1 saturated carbocycles. The Balaban J connectivity index is 1.50. The van der Waals surface area contributed by atoms with E-state index >= 15 is 0 Å². The zero-order chi connectivity index (χ0) is 26.1. The Morgan fingerprint density at radius 1 is 1.16 bits per heavy atom. The summed E-state index contributed by atoms with van der Waals surface area (Å²) in [5.74, 6) is -1.48. The third kappa shape index (κ3) is 5.59. The molecule has 3 heterocycles. The second kappa shape index (κ2) is 10.7. The van der Waals surface area contributed by atoms with Crippen LogP contribution in [0.2, 0.25) is 5.02 Å². The van der Waals surface area contributed by atoms with Gasteiger partial charge in [-0.25, -0.2) is 23.1 Å². The lowest BCUT2D eigenvalue weighted by Crippen LogP contribution is -2.39. The van der Waals surface area contributed by atoms with Crippen molar-refractivity contribution in [1.29, 1.82) is 0 Å². The summed E-state index contributed by atoms with van der Waals surface area (Å²) in [5.41, 5.74) is 5.83. The molecular formula is C24H27ClF3N7O2. The number of nitrogens with two attached hydrogens (primary N) is 1. The number of anilines is 3. The number of rotatable bonds is 7. The molecule has 2 aliphatic rings. The smallest absolute Gasteiger partial charge is 0.225 e. The van der Waals surface area contributed by atoms with E-state index in [1.54, 1.807) is 4.57 Å². The summed E-state index contributed by atoms with van der Waals surface area (Å²) >= 11 is 5.78. The molecule has 198 valence electrons. The number of primary amides is 1. The third-order valence-electron chi connectivity index (χ3n) is 6.95. The van der Waals surface area contributed by atoms with Crippen molar-refractivity contribution in [3.05, 3.63) is 35.0 Å². The number of carbonyl (C=O) groups excluding carboxylic acids is 1. The number of fused-ring (bicyclic) bond motifs is 1. The zero-order valence-corrected chi connectivity index (χ0v) is 20.6. The van der Waals surface area contributed by atoms with E-state index < -0.39 is 29.5 Å². The average molecular weight is 538 g/mol. The predicted molar refractivity (Wildman–Crippen MR) is 133 cm³/mol. The van der Waals surface area contributed by atoms with Crippen molar-refractivity contribution in [3.8, 4) is 0 Å². The molecule has 1 aliphatic carbocycles. The van der Waals surface area contributed by atoms with Crippen LogP contribution < -0.4 is 16.4 Å². The highest BCUT2D eigenvalue weighted by Gasteiger charge is 2.30. The fourth-order valence-electron chi connectivity index (χ4n) is 5.09. The molecule has 5 rings (SSSR count). The molecule has 2 fully saturated rings. The molecule has 2 atom stereocenters. The van der Waals surface area contributed by atoms with E-state index in [9.17, 15) is 18.0 Å². The van der Waals surface area contributed by atoms with E-state index in [1.165, 1.54) is 6.20 Å². The van der Waals surface area contributed by atoms with Crippen LogP contribution >= 0.6 is 11.6 Å². The van der Waals surface area contributed by atoms with Gasteiger partial charge in [-0.2, -0.15) is 4.98 Å². The second-order valence-electron chi connectivity index (χ2n) is 9.55. The van der Waals surface area contributed by atoms with E-state index in [4.69, 9.17) is 22.1 Å². The molecule has 37 heavy (non-hydrogen) atoms. The van der Waals surface area contributed by atoms with Gasteiger partial charge in [0.05, 0.1) is 18.8 Å². The number of alkyl halides is 1. The molecule has 3 aromatic rings. The Hall–Kier alpha value is -3.12. The fraction of sp³-hybridized carbons (Fsp3) is 0.500.